The number of rotatable bonds is 2. The highest BCUT2D eigenvalue weighted by Crippen LogP contribution is 2.28. The number of hydrogen-bond donors (Lipinski definition) is 0. The minimum Gasteiger partial charge on any atom is -0.419 e. The second-order valence-electron chi connectivity index (χ2n) is 3.70. The molecule has 0 aliphatic rings. The van der Waals surface area contributed by atoms with Crippen LogP contribution in [-0.2, 0) is 4.79 Å². The summed E-state index contributed by atoms with van der Waals surface area (Å²) in [4.78, 5) is 21.8. The lowest BCUT2D eigenvalue weighted by Gasteiger charge is -2.10. The van der Waals surface area contributed by atoms with Crippen LogP contribution < -0.4 is 4.74 Å². The van der Waals surface area contributed by atoms with Crippen molar-refractivity contribution in [2.24, 2.45) is 0 Å². The molecule has 0 atom stereocenters. The van der Waals surface area contributed by atoms with Crippen LogP contribution in [0.2, 0.25) is 0 Å². The Morgan fingerprint density at radius 2 is 1.79 bits per heavy atom. The first-order valence-corrected chi connectivity index (χ1v) is 5.19. The molecule has 2 rings (SSSR count). The van der Waals surface area contributed by atoms with E-state index in [1.165, 1.54) is 6.07 Å². The Morgan fingerprint density at radius 1 is 1.11 bits per heavy atom. The number of benzene rings is 2. The van der Waals surface area contributed by atoms with Crippen molar-refractivity contribution in [1.82, 2.24) is 0 Å². The maximum atomic E-state index is 12.1. The molecule has 6 heteroatoms. The Hall–Kier alpha value is -2.37. The Morgan fingerprint density at radius 3 is 2.42 bits per heavy atom. The average Bonchev–Trinajstić information content (AvgIpc) is 2.37. The Balaban J connectivity index is 2.50. The van der Waals surface area contributed by atoms with Gasteiger partial charge in [0.25, 0.3) is 0 Å². The molecule has 0 spiro atoms. The number of carbonyl (C=O) groups excluding carboxylic acids is 2. The standard InChI is InChI=1S/C13H7F3O3/c14-13(15,16)12(18)19-11-6-5-8-3-1-2-4-9(8)10(11)7-17/h1-7H. The molecule has 0 heterocycles. The van der Waals surface area contributed by atoms with E-state index in [1.54, 1.807) is 24.3 Å². The predicted molar refractivity (Wildman–Crippen MR) is 61.0 cm³/mol. The molecule has 0 radical (unpaired) electrons. The summed E-state index contributed by atoms with van der Waals surface area (Å²) in [5.41, 5.74) is -0.0873. The number of alkyl halides is 3. The smallest absolute Gasteiger partial charge is 0.419 e. The van der Waals surface area contributed by atoms with Crippen molar-refractivity contribution in [1.29, 1.82) is 0 Å². The fourth-order valence-corrected chi connectivity index (χ4v) is 1.64. The summed E-state index contributed by atoms with van der Waals surface area (Å²) < 4.78 is 40.6. The monoisotopic (exact) mass is 268 g/mol. The molecule has 0 bridgehead atoms. The third kappa shape index (κ3) is 2.57. The lowest BCUT2D eigenvalue weighted by molar-refractivity contribution is -0.189. The van der Waals surface area contributed by atoms with Crippen molar-refractivity contribution in [3.8, 4) is 5.75 Å². The molecule has 0 fully saturated rings. The first kappa shape index (κ1) is 13.1. The van der Waals surface area contributed by atoms with Crippen molar-refractivity contribution in [3.05, 3.63) is 42.0 Å². The van der Waals surface area contributed by atoms with Crippen LogP contribution in [0, 0.1) is 0 Å². The molecule has 0 saturated carbocycles. The molecule has 2 aromatic carbocycles. The molecular formula is C13H7F3O3. The molecule has 0 aliphatic carbocycles. The zero-order chi connectivity index (χ0) is 14.0. The Kier molecular flexibility index (Phi) is 3.25. The van der Waals surface area contributed by atoms with Crippen LogP contribution in [-0.4, -0.2) is 18.4 Å². The Labute approximate surface area is 105 Å². The van der Waals surface area contributed by atoms with E-state index in [4.69, 9.17) is 0 Å². The maximum Gasteiger partial charge on any atom is 0.491 e. The molecule has 0 N–H and O–H groups in total. The molecule has 3 nitrogen and oxygen atoms in total. The molecule has 98 valence electrons. The maximum absolute atomic E-state index is 12.1. The van der Waals surface area contributed by atoms with E-state index in [-0.39, 0.29) is 5.56 Å². The molecular weight excluding hydrogens is 261 g/mol. The summed E-state index contributed by atoms with van der Waals surface area (Å²) in [5.74, 6) is -2.76. The fourth-order valence-electron chi connectivity index (χ4n) is 1.64. The largest absolute Gasteiger partial charge is 0.491 e. The molecule has 0 aliphatic heterocycles. The molecule has 0 aromatic heterocycles. The molecule has 0 unspecified atom stereocenters. The van der Waals surface area contributed by atoms with Crippen molar-refractivity contribution in [2.45, 2.75) is 6.18 Å². The number of aldehydes is 1. The van der Waals surface area contributed by atoms with Crippen LogP contribution in [0.4, 0.5) is 13.2 Å². The van der Waals surface area contributed by atoms with Gasteiger partial charge in [-0.3, -0.25) is 4.79 Å². The van der Waals surface area contributed by atoms with Crippen molar-refractivity contribution >= 4 is 23.0 Å². The van der Waals surface area contributed by atoms with Crippen LogP contribution in [0.1, 0.15) is 10.4 Å². The van der Waals surface area contributed by atoms with Gasteiger partial charge in [0, 0.05) is 0 Å². The summed E-state index contributed by atoms with van der Waals surface area (Å²) in [6.07, 6.45) is -4.74. The molecule has 2 aromatic rings. The van der Waals surface area contributed by atoms with Gasteiger partial charge >= 0.3 is 12.1 Å². The van der Waals surface area contributed by atoms with E-state index < -0.39 is 17.9 Å². The van der Waals surface area contributed by atoms with Gasteiger partial charge in [0.2, 0.25) is 0 Å². The van der Waals surface area contributed by atoms with Gasteiger partial charge in [-0.05, 0) is 16.8 Å². The summed E-state index contributed by atoms with van der Waals surface area (Å²) >= 11 is 0. The Bertz CT molecular complexity index is 647. The summed E-state index contributed by atoms with van der Waals surface area (Å²) in [6, 6.07) is 9.24. The number of esters is 1. The molecule has 19 heavy (non-hydrogen) atoms. The third-order valence-corrected chi connectivity index (χ3v) is 2.48. The van der Waals surface area contributed by atoms with Gasteiger partial charge in [0.1, 0.15) is 5.75 Å². The second kappa shape index (κ2) is 4.72. The van der Waals surface area contributed by atoms with Crippen LogP contribution in [0.5, 0.6) is 5.75 Å². The van der Waals surface area contributed by atoms with Gasteiger partial charge < -0.3 is 4.74 Å². The van der Waals surface area contributed by atoms with E-state index in [2.05, 4.69) is 4.74 Å². The molecule has 0 amide bonds. The van der Waals surface area contributed by atoms with Crippen LogP contribution >= 0.6 is 0 Å². The number of fused-ring (bicyclic) bond motifs is 1. The van der Waals surface area contributed by atoms with Crippen molar-refractivity contribution < 1.29 is 27.5 Å². The SMILES string of the molecule is O=Cc1c(OC(=O)C(F)(F)F)ccc2ccccc12. The lowest BCUT2D eigenvalue weighted by Crippen LogP contribution is -2.28. The first-order valence-electron chi connectivity index (χ1n) is 5.19. The molecule has 0 saturated heterocycles. The van der Waals surface area contributed by atoms with Gasteiger partial charge in [0.05, 0.1) is 5.56 Å². The minimum atomic E-state index is -5.11. The topological polar surface area (TPSA) is 43.4 Å². The predicted octanol–water partition coefficient (Wildman–Crippen LogP) is 3.12. The van der Waals surface area contributed by atoms with E-state index in [0.29, 0.717) is 17.1 Å². The highest BCUT2D eigenvalue weighted by molar-refractivity contribution is 6.01. The van der Waals surface area contributed by atoms with Gasteiger partial charge in [-0.2, -0.15) is 13.2 Å². The van der Waals surface area contributed by atoms with Crippen molar-refractivity contribution in [2.75, 3.05) is 0 Å². The van der Waals surface area contributed by atoms with E-state index >= 15 is 0 Å². The van der Waals surface area contributed by atoms with Gasteiger partial charge in [-0.15, -0.1) is 0 Å². The van der Waals surface area contributed by atoms with Gasteiger partial charge in [-0.1, -0.05) is 30.3 Å². The zero-order valence-corrected chi connectivity index (χ0v) is 9.40. The van der Waals surface area contributed by atoms with E-state index in [0.717, 1.165) is 6.07 Å². The number of carbonyl (C=O) groups is 2. The second-order valence-corrected chi connectivity index (χ2v) is 3.70. The first-order chi connectivity index (χ1) is 8.93. The number of ether oxygens (including phenoxy) is 1. The summed E-state index contributed by atoms with van der Waals surface area (Å²) in [7, 11) is 0. The van der Waals surface area contributed by atoms with Crippen LogP contribution in [0.15, 0.2) is 36.4 Å². The number of halogens is 3. The highest BCUT2D eigenvalue weighted by Gasteiger charge is 2.41. The normalized spacial score (nSPS) is 11.3. The number of hydrogen-bond acceptors (Lipinski definition) is 3. The summed E-state index contributed by atoms with van der Waals surface area (Å²) in [5, 5.41) is 1.08. The van der Waals surface area contributed by atoms with Crippen molar-refractivity contribution in [3.63, 3.8) is 0 Å². The van der Waals surface area contributed by atoms with E-state index in [1.807, 2.05) is 0 Å². The van der Waals surface area contributed by atoms with Gasteiger partial charge in [0.15, 0.2) is 6.29 Å². The lowest BCUT2D eigenvalue weighted by atomic mass is 10.0. The van der Waals surface area contributed by atoms with Crippen LogP contribution in [0.3, 0.4) is 0 Å². The fraction of sp³-hybridized carbons (Fsp3) is 0.0769. The quantitative estimate of drug-likeness (QED) is 0.477. The third-order valence-electron chi connectivity index (χ3n) is 2.48. The minimum absolute atomic E-state index is 0.0873. The average molecular weight is 268 g/mol. The highest BCUT2D eigenvalue weighted by atomic mass is 19.4. The van der Waals surface area contributed by atoms with Gasteiger partial charge in [-0.25, -0.2) is 4.79 Å². The van der Waals surface area contributed by atoms with Crippen LogP contribution in [0.25, 0.3) is 10.8 Å². The van der Waals surface area contributed by atoms with E-state index in [9.17, 15) is 22.8 Å². The summed E-state index contributed by atoms with van der Waals surface area (Å²) in [6.45, 7) is 0. The zero-order valence-electron chi connectivity index (χ0n) is 9.40.